The van der Waals surface area contributed by atoms with E-state index in [0.717, 1.165) is 21.0 Å². The van der Waals surface area contributed by atoms with Gasteiger partial charge in [-0.2, -0.15) is 5.10 Å². The second-order valence-electron chi connectivity index (χ2n) is 7.99. The Kier molecular flexibility index (Phi) is 8.17. The van der Waals surface area contributed by atoms with E-state index in [0.29, 0.717) is 24.5 Å². The molecule has 0 saturated carbocycles. The number of carbonyl (C=O) groups excluding carboxylic acids is 2. The van der Waals surface area contributed by atoms with Gasteiger partial charge in [-0.1, -0.05) is 18.2 Å². The first-order chi connectivity index (χ1) is 17.0. The first-order valence-electron chi connectivity index (χ1n) is 11.2. The van der Waals surface area contributed by atoms with Crippen LogP contribution >= 0.6 is 22.7 Å². The summed E-state index contributed by atoms with van der Waals surface area (Å²) in [5, 5.41) is 13.1. The number of thiophene rings is 2. The zero-order chi connectivity index (χ0) is 24.8. The number of nitrogens with one attached hydrogen (secondary N) is 1. The molecular weight excluding hydrogens is 484 g/mol. The minimum Gasteiger partial charge on any atom is -0.495 e. The molecule has 1 aromatic carbocycles. The third kappa shape index (κ3) is 5.72. The Hall–Kier alpha value is -3.21. The van der Waals surface area contributed by atoms with Crippen LogP contribution in [0, 0.1) is 6.92 Å². The lowest BCUT2D eigenvalue weighted by Crippen LogP contribution is -2.44. The number of methoxy groups -OCH3 is 2. The highest BCUT2D eigenvalue weighted by Crippen LogP contribution is 2.38. The van der Waals surface area contributed by atoms with Gasteiger partial charge < -0.3 is 19.7 Å². The highest BCUT2D eigenvalue weighted by atomic mass is 32.1. The fourth-order valence-corrected chi connectivity index (χ4v) is 5.63. The third-order valence-electron chi connectivity index (χ3n) is 5.70. The van der Waals surface area contributed by atoms with Crippen LogP contribution in [0.3, 0.4) is 0 Å². The van der Waals surface area contributed by atoms with E-state index < -0.39 is 6.03 Å². The maximum Gasteiger partial charge on any atom is 0.322 e. The fourth-order valence-electron chi connectivity index (χ4n) is 3.89. The molecule has 0 spiro atoms. The van der Waals surface area contributed by atoms with Crippen LogP contribution in [0.2, 0.25) is 0 Å². The van der Waals surface area contributed by atoms with Crippen molar-refractivity contribution >= 4 is 46.0 Å². The van der Waals surface area contributed by atoms with Crippen LogP contribution in [-0.2, 0) is 9.53 Å². The minimum atomic E-state index is -0.412. The maximum atomic E-state index is 13.6. The molecule has 0 saturated heterocycles. The summed E-state index contributed by atoms with van der Waals surface area (Å²) >= 11 is 3.23. The predicted octanol–water partition coefficient (Wildman–Crippen LogP) is 4.98. The summed E-state index contributed by atoms with van der Waals surface area (Å²) in [6, 6.07) is 12.6. The molecule has 4 rings (SSSR count). The monoisotopic (exact) mass is 512 g/mol. The van der Waals surface area contributed by atoms with Crippen molar-refractivity contribution in [1.82, 2.24) is 9.91 Å². The lowest BCUT2D eigenvalue weighted by atomic mass is 10.1. The molecule has 1 atom stereocenters. The SMILES string of the molecule is COCCN(CC(=O)N1N=C(c2cccs2)C[C@@H]1c1sccc1C)C(=O)Nc1ccccc1OC. The molecular formula is C25H28N4O4S2. The normalized spacial score (nSPS) is 15.1. The summed E-state index contributed by atoms with van der Waals surface area (Å²) < 4.78 is 10.5. The number of hydrogen-bond donors (Lipinski definition) is 1. The van der Waals surface area contributed by atoms with Crippen LogP contribution in [0.5, 0.6) is 5.75 Å². The van der Waals surface area contributed by atoms with Crippen molar-refractivity contribution in [3.05, 3.63) is 68.5 Å². The van der Waals surface area contributed by atoms with Gasteiger partial charge in [-0.25, -0.2) is 9.80 Å². The van der Waals surface area contributed by atoms with Gasteiger partial charge in [0.1, 0.15) is 12.3 Å². The number of amides is 3. The summed E-state index contributed by atoms with van der Waals surface area (Å²) in [4.78, 5) is 30.3. The van der Waals surface area contributed by atoms with Crippen LogP contribution in [0.25, 0.3) is 0 Å². The fraction of sp³-hybridized carbons (Fsp3) is 0.320. The highest BCUT2D eigenvalue weighted by molar-refractivity contribution is 7.12. The third-order valence-corrected chi connectivity index (χ3v) is 7.74. The van der Waals surface area contributed by atoms with Gasteiger partial charge in [0.2, 0.25) is 0 Å². The van der Waals surface area contributed by atoms with Gasteiger partial charge in [-0.05, 0) is 47.5 Å². The molecule has 184 valence electrons. The number of hydrogen-bond acceptors (Lipinski definition) is 7. The average molecular weight is 513 g/mol. The van der Waals surface area contributed by atoms with E-state index in [1.807, 2.05) is 41.9 Å². The summed E-state index contributed by atoms with van der Waals surface area (Å²) in [7, 11) is 3.10. The molecule has 0 unspecified atom stereocenters. The van der Waals surface area contributed by atoms with Crippen LogP contribution in [-0.4, -0.2) is 61.5 Å². The van der Waals surface area contributed by atoms with Crippen molar-refractivity contribution < 1.29 is 19.1 Å². The molecule has 0 bridgehead atoms. The van der Waals surface area contributed by atoms with Crippen molar-refractivity contribution in [2.45, 2.75) is 19.4 Å². The molecule has 0 radical (unpaired) electrons. The van der Waals surface area contributed by atoms with E-state index in [9.17, 15) is 9.59 Å². The van der Waals surface area contributed by atoms with Crippen molar-refractivity contribution in [2.75, 3.05) is 39.2 Å². The lowest BCUT2D eigenvalue weighted by Gasteiger charge is -2.27. The number of aryl methyl sites for hydroxylation is 1. The van der Waals surface area contributed by atoms with Crippen LogP contribution in [0.4, 0.5) is 10.5 Å². The van der Waals surface area contributed by atoms with Gasteiger partial charge in [0.25, 0.3) is 5.91 Å². The Morgan fingerprint density at radius 1 is 1.14 bits per heavy atom. The quantitative estimate of drug-likeness (QED) is 0.438. The van der Waals surface area contributed by atoms with Crippen molar-refractivity contribution in [3.8, 4) is 5.75 Å². The van der Waals surface area contributed by atoms with Crippen LogP contribution in [0.1, 0.15) is 27.8 Å². The Balaban J connectivity index is 1.56. The second kappa shape index (κ2) is 11.5. The van der Waals surface area contributed by atoms with E-state index in [2.05, 4.69) is 11.4 Å². The number of benzene rings is 1. The molecule has 3 amide bonds. The summed E-state index contributed by atoms with van der Waals surface area (Å²) in [5.74, 6) is 0.289. The first-order valence-corrected chi connectivity index (χ1v) is 12.9. The van der Waals surface area contributed by atoms with E-state index in [1.54, 1.807) is 54.0 Å². The molecule has 8 nitrogen and oxygen atoms in total. The van der Waals surface area contributed by atoms with Gasteiger partial charge in [-0.3, -0.25) is 4.79 Å². The molecule has 0 aliphatic carbocycles. The van der Waals surface area contributed by atoms with Crippen molar-refractivity contribution in [2.24, 2.45) is 5.10 Å². The molecule has 3 aromatic rings. The predicted molar refractivity (Wildman–Crippen MR) is 140 cm³/mol. The Morgan fingerprint density at radius 2 is 1.97 bits per heavy atom. The number of anilines is 1. The molecule has 0 fully saturated rings. The summed E-state index contributed by atoms with van der Waals surface area (Å²) in [6.07, 6.45) is 0.638. The molecule has 1 aliphatic heterocycles. The number of ether oxygens (including phenoxy) is 2. The first kappa shape index (κ1) is 24.9. The molecule has 2 aromatic heterocycles. The minimum absolute atomic E-state index is 0.132. The highest BCUT2D eigenvalue weighted by Gasteiger charge is 2.36. The van der Waals surface area contributed by atoms with Crippen LogP contribution in [0.15, 0.2) is 58.3 Å². The second-order valence-corrected chi connectivity index (χ2v) is 9.89. The molecule has 1 aliphatic rings. The van der Waals surface area contributed by atoms with E-state index in [-0.39, 0.29) is 25.0 Å². The molecule has 10 heteroatoms. The van der Waals surface area contributed by atoms with Gasteiger partial charge >= 0.3 is 6.03 Å². The standard InChI is InChI=1S/C25H28N4O4S2/c1-17-10-14-35-24(17)20-15-19(22-9-6-13-34-22)27-29(20)23(30)16-28(11-12-32-2)25(31)26-18-7-4-5-8-21(18)33-3/h4-10,13-14,20H,11-12,15-16H2,1-3H3,(H,26,31)/t20-/m1/s1. The molecule has 35 heavy (non-hydrogen) atoms. The van der Waals surface area contributed by atoms with Crippen molar-refractivity contribution in [3.63, 3.8) is 0 Å². The van der Waals surface area contributed by atoms with E-state index in [4.69, 9.17) is 14.6 Å². The molecule has 1 N–H and O–H groups in total. The van der Waals surface area contributed by atoms with Gasteiger partial charge in [-0.15, -0.1) is 22.7 Å². The number of hydrazone groups is 1. The Labute approximate surface area is 212 Å². The number of urea groups is 1. The zero-order valence-electron chi connectivity index (χ0n) is 19.9. The zero-order valence-corrected chi connectivity index (χ0v) is 21.5. The number of para-hydroxylation sites is 2. The van der Waals surface area contributed by atoms with E-state index >= 15 is 0 Å². The maximum absolute atomic E-state index is 13.6. The number of nitrogens with zero attached hydrogens (tertiary/aromatic N) is 3. The average Bonchev–Trinajstić information content (AvgIpc) is 3.62. The van der Waals surface area contributed by atoms with E-state index in [1.165, 1.54) is 4.90 Å². The lowest BCUT2D eigenvalue weighted by molar-refractivity contribution is -0.133. The Bertz CT molecular complexity index is 1190. The summed E-state index contributed by atoms with van der Waals surface area (Å²) in [5.41, 5.74) is 2.54. The smallest absolute Gasteiger partial charge is 0.322 e. The Morgan fingerprint density at radius 3 is 2.66 bits per heavy atom. The van der Waals surface area contributed by atoms with Gasteiger partial charge in [0.05, 0.1) is 36.0 Å². The summed E-state index contributed by atoms with van der Waals surface area (Å²) in [6.45, 7) is 2.46. The van der Waals surface area contributed by atoms with Crippen LogP contribution < -0.4 is 10.1 Å². The van der Waals surface area contributed by atoms with Crippen molar-refractivity contribution in [1.29, 1.82) is 0 Å². The topological polar surface area (TPSA) is 83.5 Å². The van der Waals surface area contributed by atoms with Gasteiger partial charge in [0, 0.05) is 25.0 Å². The largest absolute Gasteiger partial charge is 0.495 e. The number of rotatable bonds is 9. The van der Waals surface area contributed by atoms with Gasteiger partial charge in [0.15, 0.2) is 0 Å². The molecule has 3 heterocycles. The number of carbonyl (C=O) groups is 2.